The molecule has 4 aromatic carbocycles. The molecule has 0 aromatic heterocycles. The topological polar surface area (TPSA) is 0 Å². The summed E-state index contributed by atoms with van der Waals surface area (Å²) in [6, 6.07) is 29.1. The van der Waals surface area contributed by atoms with Gasteiger partial charge in [0.2, 0.25) is 0 Å². The Kier molecular flexibility index (Phi) is 9.09. The van der Waals surface area contributed by atoms with Gasteiger partial charge in [-0.25, -0.2) is 0 Å². The Hall–Kier alpha value is -1.27. The van der Waals surface area contributed by atoms with Gasteiger partial charge in [0, 0.05) is 0 Å². The van der Waals surface area contributed by atoms with E-state index in [1.54, 1.807) is 0 Å². The van der Waals surface area contributed by atoms with Crippen LogP contribution in [0.4, 0.5) is 0 Å². The first kappa shape index (κ1) is 24.4. The molecule has 0 nitrogen and oxygen atoms in total. The molecule has 0 N–H and O–H groups in total. The second kappa shape index (κ2) is 11.6. The fourth-order valence-corrected chi connectivity index (χ4v) is 4.20. The van der Waals surface area contributed by atoms with Gasteiger partial charge in [-0.1, -0.05) is 100 Å². The number of benzene rings is 3. The van der Waals surface area contributed by atoms with Gasteiger partial charge in [-0.2, -0.15) is 6.07 Å². The molecule has 0 aliphatic carbocycles. The van der Waals surface area contributed by atoms with Crippen molar-refractivity contribution in [2.75, 3.05) is 0 Å². The number of fused-ring (bicyclic) bond motifs is 1. The van der Waals surface area contributed by atoms with Crippen LogP contribution in [0.5, 0.6) is 0 Å². The van der Waals surface area contributed by atoms with Gasteiger partial charge in [0.25, 0.3) is 0 Å². The van der Waals surface area contributed by atoms with E-state index >= 15 is 0 Å². The fraction of sp³-hybridized carbons (Fsp3) is 0.250. The first-order valence-corrected chi connectivity index (χ1v) is 17.2. The van der Waals surface area contributed by atoms with Crippen LogP contribution in [0, 0.1) is 0 Å². The van der Waals surface area contributed by atoms with E-state index in [4.69, 9.17) is 17.0 Å². The monoisotopic (exact) mass is 525 g/mol. The van der Waals surface area contributed by atoms with Crippen LogP contribution in [0.1, 0.15) is 57.1 Å². The predicted molar refractivity (Wildman–Crippen MR) is 135 cm³/mol. The third kappa shape index (κ3) is 5.57. The van der Waals surface area contributed by atoms with Crippen molar-refractivity contribution in [3.05, 3.63) is 90.0 Å². The van der Waals surface area contributed by atoms with Crippen LogP contribution in [0.3, 0.4) is 0 Å². The minimum absolute atomic E-state index is 0.485. The normalized spacial score (nSPS) is 11.8. The molecule has 1 atom stereocenters. The molecule has 0 heterocycles. The molecule has 0 radical (unpaired) electrons. The van der Waals surface area contributed by atoms with Crippen LogP contribution in [0.2, 0.25) is 0 Å². The quantitative estimate of drug-likeness (QED) is 0.227. The molecule has 4 rings (SSSR count). The SMILES string of the molecule is CCC(C)c1cc2c(-c3ccccc3C(C)C)c(-c3ccccc3)ccc2[cH-]1.[Cl][Zr][Cl]. The Balaban J connectivity index is 0.000000858. The summed E-state index contributed by atoms with van der Waals surface area (Å²) in [7, 11) is 9.87. The number of halogens is 2. The fourth-order valence-electron chi connectivity index (χ4n) is 4.20. The van der Waals surface area contributed by atoms with Gasteiger partial charge in [0.15, 0.2) is 0 Å². The van der Waals surface area contributed by atoms with Crippen molar-refractivity contribution in [2.45, 2.75) is 46.0 Å². The van der Waals surface area contributed by atoms with Crippen molar-refractivity contribution < 1.29 is 20.8 Å². The summed E-state index contributed by atoms with van der Waals surface area (Å²) < 4.78 is 0. The van der Waals surface area contributed by atoms with Gasteiger partial charge in [0.1, 0.15) is 0 Å². The zero-order valence-electron chi connectivity index (χ0n) is 18.6. The zero-order valence-corrected chi connectivity index (χ0v) is 22.6. The first-order valence-electron chi connectivity index (χ1n) is 10.9. The van der Waals surface area contributed by atoms with Crippen LogP contribution in [-0.2, 0) is 20.8 Å². The molecule has 160 valence electrons. The van der Waals surface area contributed by atoms with Crippen molar-refractivity contribution in [2.24, 2.45) is 0 Å². The Morgan fingerprint density at radius 1 is 0.839 bits per heavy atom. The zero-order chi connectivity index (χ0) is 22.4. The summed E-state index contributed by atoms with van der Waals surface area (Å²) in [5.74, 6) is 1.07. The second-order valence-corrected chi connectivity index (χ2v) is 12.0. The number of rotatable bonds is 5. The first-order chi connectivity index (χ1) is 15.0. The molecule has 0 aliphatic rings. The summed E-state index contributed by atoms with van der Waals surface area (Å²) in [5, 5.41) is 2.73. The summed E-state index contributed by atoms with van der Waals surface area (Å²) >= 11 is -0.826. The summed E-state index contributed by atoms with van der Waals surface area (Å²) in [4.78, 5) is 0. The van der Waals surface area contributed by atoms with Crippen molar-refractivity contribution in [3.63, 3.8) is 0 Å². The minimum atomic E-state index is -0.826. The van der Waals surface area contributed by atoms with Gasteiger partial charge >= 0.3 is 37.9 Å². The van der Waals surface area contributed by atoms with Crippen molar-refractivity contribution in [1.29, 1.82) is 0 Å². The summed E-state index contributed by atoms with van der Waals surface area (Å²) in [5.41, 5.74) is 8.21. The average molecular weight is 528 g/mol. The van der Waals surface area contributed by atoms with E-state index in [0.717, 1.165) is 0 Å². The Bertz CT molecular complexity index is 1110. The van der Waals surface area contributed by atoms with Gasteiger partial charge in [-0.05, 0) is 34.1 Å². The van der Waals surface area contributed by atoms with Gasteiger partial charge < -0.3 is 0 Å². The van der Waals surface area contributed by atoms with Crippen molar-refractivity contribution >= 4 is 27.8 Å². The second-order valence-electron chi connectivity index (χ2n) is 8.27. The molecule has 1 unspecified atom stereocenters. The molecule has 0 amide bonds. The molecule has 0 bridgehead atoms. The van der Waals surface area contributed by atoms with Crippen molar-refractivity contribution in [1.82, 2.24) is 0 Å². The van der Waals surface area contributed by atoms with E-state index in [-0.39, 0.29) is 0 Å². The molecule has 0 aliphatic heterocycles. The van der Waals surface area contributed by atoms with Crippen LogP contribution in [0.15, 0.2) is 78.9 Å². The molecule has 0 fully saturated rings. The van der Waals surface area contributed by atoms with E-state index < -0.39 is 20.8 Å². The predicted octanol–water partition coefficient (Wildman–Crippen LogP) is 9.91. The molecule has 0 saturated heterocycles. The number of hydrogen-bond acceptors (Lipinski definition) is 0. The standard InChI is InChI=1S/C28H29.2ClH.Zr/c1-5-20(4)23-17-22-15-16-25(21-11-7-6-8-12-21)28(27(22)18-23)26-14-10-9-13-24(26)19(2)3;;;/h6-20H,5H2,1-4H3;2*1H;/q-1;;;+2/p-2. The summed E-state index contributed by atoms with van der Waals surface area (Å²) in [6.45, 7) is 9.17. The maximum atomic E-state index is 4.93. The molecule has 4 aromatic rings. The number of hydrogen-bond donors (Lipinski definition) is 0. The van der Waals surface area contributed by atoms with Crippen LogP contribution in [-0.4, -0.2) is 0 Å². The third-order valence-electron chi connectivity index (χ3n) is 6.03. The van der Waals surface area contributed by atoms with E-state index in [2.05, 4.69) is 107 Å². The van der Waals surface area contributed by atoms with E-state index in [9.17, 15) is 0 Å². The van der Waals surface area contributed by atoms with Crippen LogP contribution < -0.4 is 0 Å². The molecule has 0 spiro atoms. The van der Waals surface area contributed by atoms with Crippen LogP contribution >= 0.6 is 17.0 Å². The molecule has 31 heavy (non-hydrogen) atoms. The Morgan fingerprint density at radius 3 is 2.13 bits per heavy atom. The Morgan fingerprint density at radius 2 is 1.48 bits per heavy atom. The molecule has 0 saturated carbocycles. The van der Waals surface area contributed by atoms with Gasteiger partial charge in [0.05, 0.1) is 0 Å². The van der Waals surface area contributed by atoms with Gasteiger partial charge in [-0.3, -0.25) is 0 Å². The van der Waals surface area contributed by atoms with E-state index in [1.165, 1.54) is 50.6 Å². The van der Waals surface area contributed by atoms with E-state index in [0.29, 0.717) is 11.8 Å². The summed E-state index contributed by atoms with van der Waals surface area (Å²) in [6.07, 6.45) is 1.17. The third-order valence-corrected chi connectivity index (χ3v) is 6.03. The van der Waals surface area contributed by atoms with Gasteiger partial charge in [-0.15, -0.1) is 28.5 Å². The van der Waals surface area contributed by atoms with Crippen LogP contribution in [0.25, 0.3) is 33.0 Å². The molecular weight excluding hydrogens is 498 g/mol. The molecular formula is C28H29Cl2Zr-. The Labute approximate surface area is 205 Å². The van der Waals surface area contributed by atoms with Crippen molar-refractivity contribution in [3.8, 4) is 22.3 Å². The molecule has 3 heteroatoms. The maximum absolute atomic E-state index is 4.93. The van der Waals surface area contributed by atoms with E-state index in [1.807, 2.05) is 0 Å². The average Bonchev–Trinajstić information content (AvgIpc) is 3.23.